The van der Waals surface area contributed by atoms with Crippen LogP contribution in [-0.4, -0.2) is 54.2 Å². The van der Waals surface area contributed by atoms with Crippen molar-refractivity contribution in [1.82, 2.24) is 14.5 Å². The standard InChI is InChI=1S/C10H12N4O5/c1-2-10(18)6(16)5(3-15)19-7(10)14-4-12-8(11)13-9(14)17/h1,4-7,15-16,18H,3H2,(H2,11,13,17)/t5-,6+,7-,10?/m1/s1/i3D2. The molecule has 0 aromatic carbocycles. The number of aliphatic hydroxyl groups is 3. The summed E-state index contributed by atoms with van der Waals surface area (Å²) < 4.78 is 20.0. The Morgan fingerprint density at radius 2 is 2.47 bits per heavy atom. The van der Waals surface area contributed by atoms with Crippen molar-refractivity contribution in [3.63, 3.8) is 0 Å². The smallest absolute Gasteiger partial charge is 0.354 e. The molecule has 1 saturated heterocycles. The second kappa shape index (κ2) is 4.60. The van der Waals surface area contributed by atoms with Crippen LogP contribution in [-0.2, 0) is 4.74 Å². The first-order chi connectivity index (χ1) is 9.61. The van der Waals surface area contributed by atoms with Crippen molar-refractivity contribution in [3.05, 3.63) is 16.8 Å². The molecule has 1 aliphatic heterocycles. The maximum atomic E-state index is 11.7. The zero-order valence-corrected chi connectivity index (χ0v) is 9.46. The highest BCUT2D eigenvalue weighted by Crippen LogP contribution is 2.36. The number of aliphatic hydroxyl groups excluding tert-OH is 1. The molecule has 0 saturated carbocycles. The van der Waals surface area contributed by atoms with Crippen molar-refractivity contribution in [2.75, 3.05) is 12.3 Å². The monoisotopic (exact) mass is 270 g/mol. The van der Waals surface area contributed by atoms with Crippen molar-refractivity contribution < 1.29 is 22.8 Å². The number of hydrogen-bond donors (Lipinski definition) is 4. The number of hydrogen-bond acceptors (Lipinski definition) is 8. The summed E-state index contributed by atoms with van der Waals surface area (Å²) in [6, 6.07) is 0. The summed E-state index contributed by atoms with van der Waals surface area (Å²) in [6.45, 7) is -3.00. The Labute approximate surface area is 110 Å². The number of aromatic nitrogens is 3. The first-order valence-electron chi connectivity index (χ1n) is 6.08. The zero-order chi connectivity index (χ0) is 16.0. The number of terminal acetylenes is 1. The summed E-state index contributed by atoms with van der Waals surface area (Å²) in [6.07, 6.45) is 0.455. The molecular weight excluding hydrogens is 256 g/mol. The van der Waals surface area contributed by atoms with E-state index in [4.69, 9.17) is 19.6 Å². The van der Waals surface area contributed by atoms with Crippen LogP contribution < -0.4 is 11.4 Å². The van der Waals surface area contributed by atoms with Gasteiger partial charge in [0.05, 0.1) is 9.30 Å². The SMILES string of the molecule is [2H]C([2H])(O)[C@H]1O[C@@H](n2cnc(N)nc2=O)C(O)(C#C)[C@H]1O. The fourth-order valence-corrected chi connectivity index (χ4v) is 1.75. The lowest BCUT2D eigenvalue weighted by Gasteiger charge is -2.25. The predicted octanol–water partition coefficient (Wildman–Crippen LogP) is -3.16. The van der Waals surface area contributed by atoms with Gasteiger partial charge in [-0.3, -0.25) is 4.57 Å². The summed E-state index contributed by atoms with van der Waals surface area (Å²) in [5, 5.41) is 29.5. The lowest BCUT2D eigenvalue weighted by molar-refractivity contribution is -0.0769. The Hall–Kier alpha value is -1.99. The van der Waals surface area contributed by atoms with Crippen molar-refractivity contribution in [3.8, 4) is 12.3 Å². The van der Waals surface area contributed by atoms with Crippen LogP contribution in [0, 0.1) is 12.3 Å². The van der Waals surface area contributed by atoms with E-state index in [-0.39, 0.29) is 5.95 Å². The Kier molecular flexibility index (Phi) is 2.63. The second-order valence-corrected chi connectivity index (χ2v) is 3.86. The van der Waals surface area contributed by atoms with Gasteiger partial charge in [-0.25, -0.2) is 9.78 Å². The van der Waals surface area contributed by atoms with Crippen LogP contribution >= 0.6 is 0 Å². The van der Waals surface area contributed by atoms with Crippen molar-refractivity contribution in [1.29, 1.82) is 0 Å². The van der Waals surface area contributed by atoms with E-state index in [1.165, 1.54) is 0 Å². The van der Waals surface area contributed by atoms with Gasteiger partial charge >= 0.3 is 5.69 Å². The molecular formula is C10H12N4O5. The van der Waals surface area contributed by atoms with Crippen molar-refractivity contribution in [2.45, 2.75) is 24.0 Å². The van der Waals surface area contributed by atoms with Gasteiger partial charge in [0.1, 0.15) is 18.5 Å². The normalized spacial score (nSPS) is 36.4. The van der Waals surface area contributed by atoms with Gasteiger partial charge in [-0.05, 0) is 0 Å². The van der Waals surface area contributed by atoms with Gasteiger partial charge < -0.3 is 25.8 Å². The second-order valence-electron chi connectivity index (χ2n) is 3.86. The van der Waals surface area contributed by atoms with E-state index in [0.29, 0.717) is 4.57 Å². The molecule has 0 bridgehead atoms. The quantitative estimate of drug-likeness (QED) is 0.412. The third-order valence-corrected chi connectivity index (χ3v) is 2.75. The number of nitrogens with zero attached hydrogens (tertiary/aromatic N) is 3. The molecule has 1 unspecified atom stereocenters. The minimum absolute atomic E-state index is 0.326. The Morgan fingerprint density at radius 1 is 1.79 bits per heavy atom. The van der Waals surface area contributed by atoms with E-state index in [1.54, 1.807) is 0 Å². The van der Waals surface area contributed by atoms with Crippen LogP contribution in [0.25, 0.3) is 0 Å². The fraction of sp³-hybridized carbons (Fsp3) is 0.500. The molecule has 0 spiro atoms. The Balaban J connectivity index is 2.53. The molecule has 1 aromatic rings. The zero-order valence-electron chi connectivity index (χ0n) is 11.5. The largest absolute Gasteiger partial charge is 0.394 e. The lowest BCUT2D eigenvalue weighted by Crippen LogP contribution is -2.47. The van der Waals surface area contributed by atoms with Crippen molar-refractivity contribution >= 4 is 5.95 Å². The molecule has 2 heterocycles. The van der Waals surface area contributed by atoms with E-state index in [2.05, 4.69) is 9.97 Å². The van der Waals surface area contributed by atoms with E-state index in [1.807, 2.05) is 5.92 Å². The lowest BCUT2D eigenvalue weighted by atomic mass is 9.95. The molecule has 4 atom stereocenters. The van der Waals surface area contributed by atoms with Crippen LogP contribution in [0.3, 0.4) is 0 Å². The van der Waals surface area contributed by atoms with Gasteiger partial charge in [0.25, 0.3) is 0 Å². The van der Waals surface area contributed by atoms with Gasteiger partial charge in [0.2, 0.25) is 5.95 Å². The minimum Gasteiger partial charge on any atom is -0.394 e. The fourth-order valence-electron chi connectivity index (χ4n) is 1.75. The molecule has 1 aliphatic rings. The van der Waals surface area contributed by atoms with Gasteiger partial charge in [-0.2, -0.15) is 4.98 Å². The van der Waals surface area contributed by atoms with Gasteiger partial charge in [0, 0.05) is 0 Å². The summed E-state index contributed by atoms with van der Waals surface area (Å²) in [7, 11) is 0. The minimum atomic E-state index is -3.00. The molecule has 19 heavy (non-hydrogen) atoms. The molecule has 9 nitrogen and oxygen atoms in total. The molecule has 0 radical (unpaired) electrons. The first kappa shape index (κ1) is 10.9. The molecule has 1 aromatic heterocycles. The summed E-state index contributed by atoms with van der Waals surface area (Å²) in [5.74, 6) is 1.51. The molecule has 1 fully saturated rings. The van der Waals surface area contributed by atoms with Gasteiger partial charge in [-0.15, -0.1) is 6.42 Å². The van der Waals surface area contributed by atoms with E-state index in [9.17, 15) is 20.1 Å². The topological polar surface area (TPSA) is 144 Å². The number of ether oxygens (including phenoxy) is 1. The summed E-state index contributed by atoms with van der Waals surface area (Å²) in [4.78, 5) is 18.6. The highest BCUT2D eigenvalue weighted by Gasteiger charge is 2.55. The summed E-state index contributed by atoms with van der Waals surface area (Å²) >= 11 is 0. The number of nitrogens with two attached hydrogens (primary N) is 1. The predicted molar refractivity (Wildman–Crippen MR) is 61.5 cm³/mol. The molecule has 9 heteroatoms. The van der Waals surface area contributed by atoms with Crippen molar-refractivity contribution in [2.24, 2.45) is 0 Å². The highest BCUT2D eigenvalue weighted by atomic mass is 16.6. The maximum Gasteiger partial charge on any atom is 0.354 e. The van der Waals surface area contributed by atoms with Crippen LogP contribution in [0.15, 0.2) is 11.1 Å². The Morgan fingerprint density at radius 3 is 3.00 bits per heavy atom. The summed E-state index contributed by atoms with van der Waals surface area (Å²) in [5.41, 5.74) is 1.77. The first-order valence-corrected chi connectivity index (χ1v) is 5.08. The average molecular weight is 270 g/mol. The highest BCUT2D eigenvalue weighted by molar-refractivity contribution is 5.19. The van der Waals surface area contributed by atoms with Gasteiger partial charge in [-0.1, -0.05) is 5.92 Å². The Bertz CT molecular complexity index is 654. The molecule has 0 aliphatic carbocycles. The van der Waals surface area contributed by atoms with Crippen LogP contribution in [0.1, 0.15) is 8.97 Å². The van der Waals surface area contributed by atoms with Crippen LogP contribution in [0.5, 0.6) is 0 Å². The van der Waals surface area contributed by atoms with Crippen LogP contribution in [0.4, 0.5) is 5.95 Å². The average Bonchev–Trinajstić information content (AvgIpc) is 2.63. The third kappa shape index (κ3) is 1.96. The number of nitrogen functional groups attached to an aromatic ring is 1. The van der Waals surface area contributed by atoms with E-state index < -0.39 is 36.3 Å². The number of rotatable bonds is 2. The van der Waals surface area contributed by atoms with Crippen LogP contribution in [0.2, 0.25) is 0 Å². The molecule has 2 rings (SSSR count). The van der Waals surface area contributed by atoms with E-state index in [0.717, 1.165) is 6.33 Å². The molecule has 5 N–H and O–H groups in total. The van der Waals surface area contributed by atoms with Gasteiger partial charge in [0.15, 0.2) is 11.8 Å². The molecule has 102 valence electrons. The van der Waals surface area contributed by atoms with E-state index >= 15 is 0 Å². The number of anilines is 1. The molecule has 0 amide bonds. The maximum absolute atomic E-state index is 11.7. The third-order valence-electron chi connectivity index (χ3n) is 2.75.